The van der Waals surface area contributed by atoms with Crippen molar-refractivity contribution in [3.05, 3.63) is 35.4 Å². The molecule has 1 saturated carbocycles. The van der Waals surface area contributed by atoms with Gasteiger partial charge in [0.15, 0.2) is 0 Å². The summed E-state index contributed by atoms with van der Waals surface area (Å²) in [5, 5.41) is 0. The highest BCUT2D eigenvalue weighted by molar-refractivity contribution is 6.49. The summed E-state index contributed by atoms with van der Waals surface area (Å²) in [4.78, 5) is 0. The number of alkyl halides is 3. The molecule has 0 radical (unpaired) electrons. The molecular weight excluding hydrogens is 304 g/mol. The van der Waals surface area contributed by atoms with E-state index in [1.807, 2.05) is 34.6 Å². The van der Waals surface area contributed by atoms with Gasteiger partial charge < -0.3 is 9.31 Å². The Labute approximate surface area is 135 Å². The molecule has 0 bridgehead atoms. The van der Waals surface area contributed by atoms with E-state index in [2.05, 4.69) is 0 Å². The molecule has 2 fully saturated rings. The van der Waals surface area contributed by atoms with Crippen LogP contribution in [0.5, 0.6) is 0 Å². The standard InChI is InChI=1S/C17H22BF3O2/c1-14(2)15(3,4)23-18(22-14)13-10-16(13,5)11-7-6-8-12(9-11)17(19,20)21/h6-9,13H,10H2,1-5H3/t13-,16+/m1/s1. The predicted octanol–water partition coefficient (Wildman–Crippen LogP) is 4.83. The van der Waals surface area contributed by atoms with Crippen LogP contribution in [-0.2, 0) is 20.9 Å². The molecule has 1 aliphatic carbocycles. The quantitative estimate of drug-likeness (QED) is 0.725. The topological polar surface area (TPSA) is 18.5 Å². The van der Waals surface area contributed by atoms with Gasteiger partial charge >= 0.3 is 13.3 Å². The molecule has 1 aliphatic heterocycles. The van der Waals surface area contributed by atoms with Crippen LogP contribution in [0.15, 0.2) is 24.3 Å². The first-order valence-electron chi connectivity index (χ1n) is 7.90. The van der Waals surface area contributed by atoms with Crippen LogP contribution in [-0.4, -0.2) is 18.3 Å². The molecule has 2 nitrogen and oxygen atoms in total. The molecule has 1 aromatic rings. The van der Waals surface area contributed by atoms with Crippen molar-refractivity contribution in [1.82, 2.24) is 0 Å². The van der Waals surface area contributed by atoms with Crippen molar-refractivity contribution >= 4 is 7.12 Å². The van der Waals surface area contributed by atoms with Gasteiger partial charge in [-0.3, -0.25) is 0 Å². The zero-order chi connectivity index (χ0) is 17.3. The van der Waals surface area contributed by atoms with Crippen molar-refractivity contribution in [1.29, 1.82) is 0 Å². The molecule has 0 amide bonds. The predicted molar refractivity (Wildman–Crippen MR) is 83.2 cm³/mol. The van der Waals surface area contributed by atoms with E-state index in [1.165, 1.54) is 12.1 Å². The second-order valence-electron chi connectivity index (χ2n) is 7.93. The Bertz CT molecular complexity index is 611. The lowest BCUT2D eigenvalue weighted by Crippen LogP contribution is -2.41. The first-order chi connectivity index (χ1) is 10.4. The summed E-state index contributed by atoms with van der Waals surface area (Å²) < 4.78 is 50.9. The lowest BCUT2D eigenvalue weighted by molar-refractivity contribution is -0.137. The van der Waals surface area contributed by atoms with Crippen LogP contribution in [0.1, 0.15) is 52.2 Å². The molecule has 3 rings (SSSR count). The second kappa shape index (κ2) is 4.76. The maximum absolute atomic E-state index is 12.9. The molecule has 0 N–H and O–H groups in total. The van der Waals surface area contributed by atoms with Crippen molar-refractivity contribution in [3.63, 3.8) is 0 Å². The second-order valence-corrected chi connectivity index (χ2v) is 7.93. The Morgan fingerprint density at radius 1 is 1.04 bits per heavy atom. The molecule has 0 spiro atoms. The lowest BCUT2D eigenvalue weighted by Gasteiger charge is -2.32. The van der Waals surface area contributed by atoms with Gasteiger partial charge in [0, 0.05) is 5.82 Å². The van der Waals surface area contributed by atoms with E-state index in [0.717, 1.165) is 12.5 Å². The fourth-order valence-corrected chi connectivity index (χ4v) is 3.23. The van der Waals surface area contributed by atoms with Gasteiger partial charge in [0.1, 0.15) is 0 Å². The maximum atomic E-state index is 12.9. The summed E-state index contributed by atoms with van der Waals surface area (Å²) in [5.41, 5.74) is -1.07. The fraction of sp³-hybridized carbons (Fsp3) is 0.647. The number of halogens is 3. The van der Waals surface area contributed by atoms with Gasteiger partial charge in [0.2, 0.25) is 0 Å². The SMILES string of the molecule is CC1(C)OB([C@@H]2C[C@@]2(C)c2cccc(C(F)(F)F)c2)OC1(C)C. The lowest BCUT2D eigenvalue weighted by atomic mass is 9.75. The van der Waals surface area contributed by atoms with E-state index in [0.29, 0.717) is 5.56 Å². The molecule has 1 aromatic carbocycles. The first-order valence-corrected chi connectivity index (χ1v) is 7.90. The highest BCUT2D eigenvalue weighted by Gasteiger charge is 2.65. The van der Waals surface area contributed by atoms with Gasteiger partial charge in [-0.25, -0.2) is 0 Å². The molecule has 2 aliphatic rings. The highest BCUT2D eigenvalue weighted by Crippen LogP contribution is 2.63. The van der Waals surface area contributed by atoms with Crippen LogP contribution in [0.3, 0.4) is 0 Å². The smallest absolute Gasteiger partial charge is 0.403 e. The summed E-state index contributed by atoms with van der Waals surface area (Å²) in [6.07, 6.45) is -3.55. The number of hydrogen-bond acceptors (Lipinski definition) is 2. The number of hydrogen-bond donors (Lipinski definition) is 0. The third-order valence-corrected chi connectivity index (χ3v) is 5.75. The molecular formula is C17H22BF3O2. The van der Waals surface area contributed by atoms with Crippen molar-refractivity contribution in [2.24, 2.45) is 0 Å². The van der Waals surface area contributed by atoms with E-state index in [-0.39, 0.29) is 18.4 Å². The molecule has 1 saturated heterocycles. The normalized spacial score (nSPS) is 32.2. The summed E-state index contributed by atoms with van der Waals surface area (Å²) in [6.45, 7) is 9.92. The van der Waals surface area contributed by atoms with Crippen LogP contribution in [0.4, 0.5) is 13.2 Å². The Balaban J connectivity index is 1.82. The molecule has 6 heteroatoms. The summed E-state index contributed by atoms with van der Waals surface area (Å²) >= 11 is 0. The van der Waals surface area contributed by atoms with Gasteiger partial charge in [-0.15, -0.1) is 0 Å². The molecule has 126 valence electrons. The van der Waals surface area contributed by atoms with E-state index in [1.54, 1.807) is 6.07 Å². The zero-order valence-corrected chi connectivity index (χ0v) is 14.1. The molecule has 0 aromatic heterocycles. The van der Waals surface area contributed by atoms with Gasteiger partial charge in [-0.1, -0.05) is 25.1 Å². The van der Waals surface area contributed by atoms with Crippen LogP contribution in [0.2, 0.25) is 5.82 Å². The van der Waals surface area contributed by atoms with E-state index in [4.69, 9.17) is 9.31 Å². The number of rotatable bonds is 2. The maximum Gasteiger partial charge on any atom is 0.462 e. The minimum absolute atomic E-state index is 0.0760. The van der Waals surface area contributed by atoms with Gasteiger partial charge in [-0.2, -0.15) is 13.2 Å². The largest absolute Gasteiger partial charge is 0.462 e. The van der Waals surface area contributed by atoms with Crippen LogP contribution >= 0.6 is 0 Å². The monoisotopic (exact) mass is 326 g/mol. The van der Waals surface area contributed by atoms with Crippen LogP contribution in [0, 0.1) is 0 Å². The molecule has 2 atom stereocenters. The Kier molecular flexibility index (Phi) is 3.48. The zero-order valence-electron chi connectivity index (χ0n) is 14.1. The third kappa shape index (κ3) is 2.70. The Morgan fingerprint density at radius 3 is 2.13 bits per heavy atom. The highest BCUT2D eigenvalue weighted by atomic mass is 19.4. The molecule has 23 heavy (non-hydrogen) atoms. The van der Waals surface area contributed by atoms with Crippen LogP contribution < -0.4 is 0 Å². The van der Waals surface area contributed by atoms with Gasteiger partial charge in [0.05, 0.1) is 16.8 Å². The van der Waals surface area contributed by atoms with Crippen molar-refractivity contribution in [3.8, 4) is 0 Å². The Hall–Kier alpha value is -1.01. The third-order valence-electron chi connectivity index (χ3n) is 5.75. The average Bonchev–Trinajstić information content (AvgIpc) is 3.04. The first kappa shape index (κ1) is 16.8. The minimum Gasteiger partial charge on any atom is -0.403 e. The van der Waals surface area contributed by atoms with Crippen molar-refractivity contribution in [2.75, 3.05) is 0 Å². The van der Waals surface area contributed by atoms with E-state index in [9.17, 15) is 13.2 Å². The fourth-order valence-electron chi connectivity index (χ4n) is 3.23. The van der Waals surface area contributed by atoms with Crippen molar-refractivity contribution < 1.29 is 22.5 Å². The minimum atomic E-state index is -4.32. The van der Waals surface area contributed by atoms with Gasteiger partial charge in [0.25, 0.3) is 0 Å². The summed E-state index contributed by atoms with van der Waals surface area (Å²) in [6, 6.07) is 5.60. The van der Waals surface area contributed by atoms with Crippen LogP contribution in [0.25, 0.3) is 0 Å². The number of benzene rings is 1. The van der Waals surface area contributed by atoms with Crippen molar-refractivity contribution in [2.45, 2.75) is 69.7 Å². The summed E-state index contributed by atoms with van der Waals surface area (Å²) in [7, 11) is -0.375. The van der Waals surface area contributed by atoms with E-state index >= 15 is 0 Å². The molecule has 0 unspecified atom stereocenters. The molecule has 1 heterocycles. The van der Waals surface area contributed by atoms with E-state index < -0.39 is 22.9 Å². The van der Waals surface area contributed by atoms with Gasteiger partial charge in [-0.05, 0) is 51.2 Å². The average molecular weight is 326 g/mol. The Morgan fingerprint density at radius 2 is 1.61 bits per heavy atom. The summed E-state index contributed by atoms with van der Waals surface area (Å²) in [5.74, 6) is 0.0760.